The fraction of sp³-hybridized carbons (Fsp3) is 0.857. The van der Waals surface area contributed by atoms with Crippen molar-refractivity contribution in [2.45, 2.75) is 39.8 Å². The van der Waals surface area contributed by atoms with E-state index in [1.54, 1.807) is 11.8 Å². The average Bonchev–Trinajstić information content (AvgIpc) is 2.97. The van der Waals surface area contributed by atoms with Crippen LogP contribution in [0.25, 0.3) is 0 Å². The maximum Gasteiger partial charge on any atom is 0.193 e. The lowest BCUT2D eigenvalue weighted by Gasteiger charge is -2.06. The Labute approximate surface area is 120 Å². The molecule has 2 rings (SSSR count). The molecule has 0 radical (unpaired) electrons. The number of aliphatic imine (C=N–C) groups is 2. The maximum atomic E-state index is 5.60. The van der Waals surface area contributed by atoms with Gasteiger partial charge < -0.3 is 9.47 Å². The third kappa shape index (κ3) is 4.13. The van der Waals surface area contributed by atoms with Crippen molar-refractivity contribution in [2.24, 2.45) is 21.8 Å². The van der Waals surface area contributed by atoms with E-state index in [9.17, 15) is 0 Å². The molecular weight excluding hydrogens is 260 g/mol. The zero-order valence-corrected chi connectivity index (χ0v) is 13.1. The predicted molar refractivity (Wildman–Crippen MR) is 81.4 cm³/mol. The van der Waals surface area contributed by atoms with Crippen LogP contribution in [0.1, 0.15) is 27.7 Å². The van der Waals surface area contributed by atoms with Gasteiger partial charge in [0.2, 0.25) is 0 Å². The lowest BCUT2D eigenvalue weighted by molar-refractivity contribution is 0.290. The van der Waals surface area contributed by atoms with Gasteiger partial charge in [0.1, 0.15) is 13.2 Å². The van der Waals surface area contributed by atoms with E-state index in [1.807, 2.05) is 0 Å². The van der Waals surface area contributed by atoms with Crippen LogP contribution in [-0.4, -0.2) is 48.6 Å². The smallest absolute Gasteiger partial charge is 0.193 e. The molecule has 5 heteroatoms. The molecule has 19 heavy (non-hydrogen) atoms. The Morgan fingerprint density at radius 1 is 0.947 bits per heavy atom. The molecule has 2 aliphatic rings. The van der Waals surface area contributed by atoms with Crippen molar-refractivity contribution in [3.05, 3.63) is 0 Å². The lowest BCUT2D eigenvalue weighted by Crippen LogP contribution is -2.13. The van der Waals surface area contributed by atoms with Crippen LogP contribution in [-0.2, 0) is 9.47 Å². The first-order chi connectivity index (χ1) is 9.06. The molecule has 2 heterocycles. The number of ether oxygens (including phenoxy) is 2. The molecule has 0 saturated heterocycles. The van der Waals surface area contributed by atoms with Crippen molar-refractivity contribution in [1.29, 1.82) is 0 Å². The van der Waals surface area contributed by atoms with Gasteiger partial charge in [0.05, 0.1) is 23.6 Å². The molecule has 2 aliphatic heterocycles. The maximum absolute atomic E-state index is 5.60. The molecule has 4 nitrogen and oxygen atoms in total. The molecule has 0 spiro atoms. The molecule has 0 saturated carbocycles. The molecule has 0 unspecified atom stereocenters. The van der Waals surface area contributed by atoms with E-state index in [1.165, 1.54) is 0 Å². The summed E-state index contributed by atoms with van der Waals surface area (Å²) in [6.45, 7) is 10.2. The highest BCUT2D eigenvalue weighted by Gasteiger charge is 2.23. The van der Waals surface area contributed by atoms with E-state index in [0.717, 1.165) is 36.5 Å². The number of nitrogens with zero attached hydrogens (tertiary/aromatic N) is 2. The SMILES string of the molecule is CC(C)[C@@H]1COC(CSCC2=N[C@@H](C(C)C)CO2)=N1. The van der Waals surface area contributed by atoms with Crippen molar-refractivity contribution in [1.82, 2.24) is 0 Å². The van der Waals surface area contributed by atoms with Gasteiger partial charge in [-0.2, -0.15) is 0 Å². The van der Waals surface area contributed by atoms with Crippen LogP contribution < -0.4 is 0 Å². The second kappa shape index (κ2) is 6.64. The van der Waals surface area contributed by atoms with Gasteiger partial charge in [-0.05, 0) is 11.8 Å². The highest BCUT2D eigenvalue weighted by Crippen LogP contribution is 2.18. The highest BCUT2D eigenvalue weighted by molar-refractivity contribution is 8.00. The Balaban J connectivity index is 1.70. The largest absolute Gasteiger partial charge is 0.478 e. The molecule has 0 fully saturated rings. The van der Waals surface area contributed by atoms with Crippen molar-refractivity contribution >= 4 is 23.6 Å². The monoisotopic (exact) mass is 284 g/mol. The Kier molecular flexibility index (Phi) is 5.13. The minimum atomic E-state index is 0.334. The summed E-state index contributed by atoms with van der Waals surface area (Å²) in [5.74, 6) is 4.50. The third-order valence-electron chi connectivity index (χ3n) is 3.45. The van der Waals surface area contributed by atoms with Crippen molar-refractivity contribution in [3.8, 4) is 0 Å². The van der Waals surface area contributed by atoms with Gasteiger partial charge in [-0.3, -0.25) is 0 Å². The summed E-state index contributed by atoms with van der Waals surface area (Å²) < 4.78 is 11.2. The molecule has 0 aromatic rings. The standard InChI is InChI=1S/C14H24N2O2S/c1-9(2)11-5-17-13(15-11)7-19-8-14-16-12(6-18-14)10(3)4/h9-12H,5-8H2,1-4H3/t11-,12+. The quantitative estimate of drug-likeness (QED) is 0.753. The van der Waals surface area contributed by atoms with Crippen LogP contribution in [0.3, 0.4) is 0 Å². The van der Waals surface area contributed by atoms with Crippen LogP contribution in [0.5, 0.6) is 0 Å². The van der Waals surface area contributed by atoms with E-state index in [-0.39, 0.29) is 0 Å². The van der Waals surface area contributed by atoms with Crippen molar-refractivity contribution < 1.29 is 9.47 Å². The number of thioether (sulfide) groups is 1. The second-order valence-corrected chi connectivity index (χ2v) is 6.77. The summed E-state index contributed by atoms with van der Waals surface area (Å²) in [5.41, 5.74) is 0. The van der Waals surface area contributed by atoms with Crippen molar-refractivity contribution in [3.63, 3.8) is 0 Å². The summed E-state index contributed by atoms with van der Waals surface area (Å²) in [5, 5.41) is 0. The zero-order chi connectivity index (χ0) is 13.8. The van der Waals surface area contributed by atoms with Gasteiger partial charge in [0.15, 0.2) is 11.8 Å². The number of hydrogen-bond donors (Lipinski definition) is 0. The Morgan fingerprint density at radius 2 is 1.37 bits per heavy atom. The van der Waals surface area contributed by atoms with Crippen LogP contribution in [0.15, 0.2) is 9.98 Å². The molecule has 2 atom stereocenters. The zero-order valence-electron chi connectivity index (χ0n) is 12.3. The van der Waals surface area contributed by atoms with Gasteiger partial charge in [0, 0.05) is 0 Å². The van der Waals surface area contributed by atoms with Crippen LogP contribution >= 0.6 is 11.8 Å². The first-order valence-electron chi connectivity index (χ1n) is 7.03. The Morgan fingerprint density at radius 3 is 1.68 bits per heavy atom. The van der Waals surface area contributed by atoms with E-state index in [4.69, 9.17) is 9.47 Å². The summed E-state index contributed by atoms with van der Waals surface area (Å²) >= 11 is 1.76. The molecule has 0 N–H and O–H groups in total. The lowest BCUT2D eigenvalue weighted by atomic mass is 10.1. The van der Waals surface area contributed by atoms with E-state index in [0.29, 0.717) is 23.9 Å². The molecule has 0 aliphatic carbocycles. The van der Waals surface area contributed by atoms with E-state index in [2.05, 4.69) is 37.7 Å². The predicted octanol–water partition coefficient (Wildman–Crippen LogP) is 2.63. The topological polar surface area (TPSA) is 43.2 Å². The van der Waals surface area contributed by atoms with Gasteiger partial charge >= 0.3 is 0 Å². The molecule has 0 bridgehead atoms. The van der Waals surface area contributed by atoms with Gasteiger partial charge in [-0.1, -0.05) is 27.7 Å². The summed E-state index contributed by atoms with van der Waals surface area (Å²) in [6.07, 6.45) is 0. The molecule has 108 valence electrons. The summed E-state index contributed by atoms with van der Waals surface area (Å²) in [6, 6.07) is 0.669. The summed E-state index contributed by atoms with van der Waals surface area (Å²) in [7, 11) is 0. The first-order valence-corrected chi connectivity index (χ1v) is 8.18. The fourth-order valence-electron chi connectivity index (χ4n) is 1.95. The molecule has 0 aromatic carbocycles. The van der Waals surface area contributed by atoms with E-state index >= 15 is 0 Å². The second-order valence-electron chi connectivity index (χ2n) is 5.78. The number of hydrogen-bond acceptors (Lipinski definition) is 5. The number of rotatable bonds is 6. The van der Waals surface area contributed by atoms with Crippen LogP contribution in [0.2, 0.25) is 0 Å². The Bertz CT molecular complexity index is 332. The van der Waals surface area contributed by atoms with Crippen molar-refractivity contribution in [2.75, 3.05) is 24.7 Å². The van der Waals surface area contributed by atoms with Crippen LogP contribution in [0, 0.1) is 11.8 Å². The molecule has 0 amide bonds. The molecule has 0 aromatic heterocycles. The minimum Gasteiger partial charge on any atom is -0.478 e. The van der Waals surface area contributed by atoms with Crippen LogP contribution in [0.4, 0.5) is 0 Å². The van der Waals surface area contributed by atoms with E-state index < -0.39 is 0 Å². The van der Waals surface area contributed by atoms with Gasteiger partial charge in [0.25, 0.3) is 0 Å². The fourth-order valence-corrected chi connectivity index (χ4v) is 2.72. The minimum absolute atomic E-state index is 0.334. The average molecular weight is 284 g/mol. The third-order valence-corrected chi connectivity index (χ3v) is 4.35. The first kappa shape index (κ1) is 14.7. The molecular formula is C14H24N2O2S. The van der Waals surface area contributed by atoms with Gasteiger partial charge in [-0.25, -0.2) is 9.98 Å². The normalized spacial score (nSPS) is 26.4. The summed E-state index contributed by atoms with van der Waals surface area (Å²) in [4.78, 5) is 9.18. The Hall–Kier alpha value is -0.710. The van der Waals surface area contributed by atoms with Gasteiger partial charge in [-0.15, -0.1) is 11.8 Å². The highest BCUT2D eigenvalue weighted by atomic mass is 32.2.